The van der Waals surface area contributed by atoms with Crippen molar-refractivity contribution in [3.63, 3.8) is 0 Å². The second kappa shape index (κ2) is 4.18. The summed E-state index contributed by atoms with van der Waals surface area (Å²) in [6.07, 6.45) is 6.25. The molecule has 1 aromatic heterocycles. The molecule has 16 heavy (non-hydrogen) atoms. The Morgan fingerprint density at radius 2 is 2.31 bits per heavy atom. The maximum absolute atomic E-state index is 10.6. The third kappa shape index (κ3) is 2.44. The van der Waals surface area contributed by atoms with Crippen molar-refractivity contribution in [3.8, 4) is 0 Å². The van der Waals surface area contributed by atoms with Crippen LogP contribution in [0.25, 0.3) is 0 Å². The molecule has 1 N–H and O–H groups in total. The smallest absolute Gasteiger partial charge is 0.0716 e. The van der Waals surface area contributed by atoms with E-state index in [9.17, 15) is 5.11 Å². The van der Waals surface area contributed by atoms with E-state index >= 15 is 0 Å². The zero-order chi connectivity index (χ0) is 11.8. The number of rotatable bonds is 2. The first-order chi connectivity index (χ1) is 7.48. The fraction of sp³-hybridized carbons (Fsp3) is 0.750. The summed E-state index contributed by atoms with van der Waals surface area (Å²) in [5.74, 6) is 0. The number of aliphatic hydroxyl groups is 1. The van der Waals surface area contributed by atoms with E-state index in [0.717, 1.165) is 31.4 Å². The van der Waals surface area contributed by atoms with Gasteiger partial charge < -0.3 is 10.0 Å². The first kappa shape index (κ1) is 11.6. The van der Waals surface area contributed by atoms with E-state index in [-0.39, 0.29) is 0 Å². The van der Waals surface area contributed by atoms with Crippen LogP contribution in [-0.4, -0.2) is 45.0 Å². The highest BCUT2D eigenvalue weighted by Gasteiger charge is 2.35. The second-order valence-electron chi connectivity index (χ2n) is 5.21. The van der Waals surface area contributed by atoms with Crippen LogP contribution < -0.4 is 0 Å². The average molecular weight is 223 g/mol. The van der Waals surface area contributed by atoms with Gasteiger partial charge in [0.15, 0.2) is 0 Å². The van der Waals surface area contributed by atoms with Crippen LogP contribution in [0.4, 0.5) is 0 Å². The van der Waals surface area contributed by atoms with Crippen LogP contribution in [0.5, 0.6) is 0 Å². The molecule has 0 amide bonds. The molecule has 0 radical (unpaired) electrons. The zero-order valence-corrected chi connectivity index (χ0v) is 10.3. The Morgan fingerprint density at radius 1 is 1.56 bits per heavy atom. The van der Waals surface area contributed by atoms with Gasteiger partial charge in [-0.2, -0.15) is 5.10 Å². The number of likely N-dealkylation sites (tertiary alicyclic amines) is 1. The Balaban J connectivity index is 2.03. The van der Waals surface area contributed by atoms with Crippen molar-refractivity contribution in [1.29, 1.82) is 0 Å². The molecule has 1 aliphatic heterocycles. The van der Waals surface area contributed by atoms with Crippen LogP contribution in [-0.2, 0) is 13.5 Å². The third-order valence-electron chi connectivity index (χ3n) is 3.65. The Morgan fingerprint density at radius 3 is 2.88 bits per heavy atom. The van der Waals surface area contributed by atoms with Crippen LogP contribution in [0.1, 0.15) is 25.3 Å². The summed E-state index contributed by atoms with van der Waals surface area (Å²) in [6, 6.07) is 0.454. The van der Waals surface area contributed by atoms with Crippen molar-refractivity contribution in [2.75, 3.05) is 13.6 Å². The van der Waals surface area contributed by atoms with E-state index in [1.165, 1.54) is 0 Å². The van der Waals surface area contributed by atoms with Gasteiger partial charge in [0.1, 0.15) is 0 Å². The molecule has 0 saturated carbocycles. The van der Waals surface area contributed by atoms with E-state index in [2.05, 4.69) is 24.0 Å². The molecule has 0 aromatic carbocycles. The van der Waals surface area contributed by atoms with Crippen LogP contribution in [0.2, 0.25) is 0 Å². The minimum absolute atomic E-state index is 0.454. The van der Waals surface area contributed by atoms with E-state index in [1.54, 1.807) is 4.68 Å². The maximum Gasteiger partial charge on any atom is 0.0716 e. The number of hydrogen-bond acceptors (Lipinski definition) is 3. The number of nitrogens with zero attached hydrogens (tertiary/aromatic N) is 3. The van der Waals surface area contributed by atoms with Crippen LogP contribution in [0.3, 0.4) is 0 Å². The highest BCUT2D eigenvalue weighted by atomic mass is 16.3. The van der Waals surface area contributed by atoms with Crippen molar-refractivity contribution < 1.29 is 5.11 Å². The fourth-order valence-electron chi connectivity index (χ4n) is 2.52. The fourth-order valence-corrected chi connectivity index (χ4v) is 2.52. The summed E-state index contributed by atoms with van der Waals surface area (Å²) in [5, 5.41) is 14.7. The topological polar surface area (TPSA) is 41.3 Å². The Hall–Kier alpha value is -0.870. The molecule has 2 rings (SSSR count). The van der Waals surface area contributed by atoms with E-state index in [1.807, 2.05) is 19.4 Å². The molecule has 0 bridgehead atoms. The number of aryl methyl sites for hydroxylation is 1. The van der Waals surface area contributed by atoms with Crippen molar-refractivity contribution in [3.05, 3.63) is 18.0 Å². The molecule has 1 aromatic rings. The van der Waals surface area contributed by atoms with Gasteiger partial charge in [-0.25, -0.2) is 0 Å². The van der Waals surface area contributed by atoms with Crippen molar-refractivity contribution in [1.82, 2.24) is 14.7 Å². The lowest BCUT2D eigenvalue weighted by Crippen LogP contribution is -2.48. The molecule has 4 heteroatoms. The molecule has 1 fully saturated rings. The quantitative estimate of drug-likeness (QED) is 0.806. The highest BCUT2D eigenvalue weighted by molar-refractivity contribution is 5.09. The van der Waals surface area contributed by atoms with Gasteiger partial charge in [-0.3, -0.25) is 4.68 Å². The normalized spacial score (nSPS) is 31.9. The number of piperidine rings is 1. The van der Waals surface area contributed by atoms with Gasteiger partial charge in [0.25, 0.3) is 0 Å². The summed E-state index contributed by atoms with van der Waals surface area (Å²) < 4.78 is 1.79. The molecule has 1 saturated heterocycles. The highest BCUT2D eigenvalue weighted by Crippen LogP contribution is 2.29. The van der Waals surface area contributed by atoms with Gasteiger partial charge in [-0.05, 0) is 32.4 Å². The SMILES string of the molecule is CC1CC(O)(Cc2cnn(C)c2)CCN1C. The number of hydrogen-bond donors (Lipinski definition) is 1. The van der Waals surface area contributed by atoms with E-state index in [0.29, 0.717) is 6.04 Å². The Bertz CT molecular complexity index is 363. The molecular formula is C12H21N3O. The minimum atomic E-state index is -0.547. The lowest BCUT2D eigenvalue weighted by atomic mass is 9.83. The van der Waals surface area contributed by atoms with Crippen LogP contribution in [0, 0.1) is 0 Å². The lowest BCUT2D eigenvalue weighted by Gasteiger charge is -2.41. The molecule has 2 unspecified atom stereocenters. The largest absolute Gasteiger partial charge is 0.389 e. The summed E-state index contributed by atoms with van der Waals surface area (Å²) in [5.41, 5.74) is 0.580. The first-order valence-electron chi connectivity index (χ1n) is 5.89. The van der Waals surface area contributed by atoms with Gasteiger partial charge in [0, 0.05) is 32.3 Å². The predicted octanol–water partition coefficient (Wildman–Crippen LogP) is 0.808. The van der Waals surface area contributed by atoms with Crippen LogP contribution in [0.15, 0.2) is 12.4 Å². The molecule has 0 spiro atoms. The molecule has 0 aliphatic carbocycles. The summed E-state index contributed by atoms with van der Waals surface area (Å²) in [4.78, 5) is 2.30. The van der Waals surface area contributed by atoms with Gasteiger partial charge in [0.05, 0.1) is 11.8 Å². The third-order valence-corrected chi connectivity index (χ3v) is 3.65. The molecule has 4 nitrogen and oxygen atoms in total. The van der Waals surface area contributed by atoms with Crippen LogP contribution >= 0.6 is 0 Å². The number of aromatic nitrogens is 2. The Kier molecular flexibility index (Phi) is 3.04. The molecular weight excluding hydrogens is 202 g/mol. The van der Waals surface area contributed by atoms with Crippen molar-refractivity contribution in [2.24, 2.45) is 7.05 Å². The zero-order valence-electron chi connectivity index (χ0n) is 10.3. The predicted molar refractivity (Wildman–Crippen MR) is 63.2 cm³/mol. The summed E-state index contributed by atoms with van der Waals surface area (Å²) in [6.45, 7) is 3.14. The minimum Gasteiger partial charge on any atom is -0.389 e. The first-order valence-corrected chi connectivity index (χ1v) is 5.89. The van der Waals surface area contributed by atoms with Gasteiger partial charge in [0.2, 0.25) is 0 Å². The summed E-state index contributed by atoms with van der Waals surface area (Å²) in [7, 11) is 4.03. The summed E-state index contributed by atoms with van der Waals surface area (Å²) >= 11 is 0. The molecule has 1 aliphatic rings. The van der Waals surface area contributed by atoms with E-state index in [4.69, 9.17) is 0 Å². The van der Waals surface area contributed by atoms with Gasteiger partial charge >= 0.3 is 0 Å². The lowest BCUT2D eigenvalue weighted by molar-refractivity contribution is -0.0353. The molecule has 2 heterocycles. The maximum atomic E-state index is 10.6. The molecule has 90 valence electrons. The van der Waals surface area contributed by atoms with Gasteiger partial charge in [-0.1, -0.05) is 0 Å². The molecule has 2 atom stereocenters. The average Bonchev–Trinajstić information content (AvgIpc) is 2.58. The second-order valence-corrected chi connectivity index (χ2v) is 5.21. The van der Waals surface area contributed by atoms with Gasteiger partial charge in [-0.15, -0.1) is 0 Å². The monoisotopic (exact) mass is 223 g/mol. The standard InChI is InChI=1S/C12H21N3O/c1-10-6-12(16,4-5-14(10)2)7-11-8-13-15(3)9-11/h8-10,16H,4-7H2,1-3H3. The van der Waals surface area contributed by atoms with Crippen molar-refractivity contribution >= 4 is 0 Å². The van der Waals surface area contributed by atoms with Crippen molar-refractivity contribution in [2.45, 2.75) is 37.8 Å². The van der Waals surface area contributed by atoms with E-state index < -0.39 is 5.60 Å². The Labute approximate surface area is 96.9 Å².